The topological polar surface area (TPSA) is 57.5 Å². The van der Waals surface area contributed by atoms with Crippen LogP contribution >= 0.6 is 0 Å². The van der Waals surface area contributed by atoms with Crippen molar-refractivity contribution >= 4 is 9.63 Å². The summed E-state index contributed by atoms with van der Waals surface area (Å²) in [6.07, 6.45) is 0.448. The van der Waals surface area contributed by atoms with Gasteiger partial charge in [-0.05, 0) is 25.0 Å². The highest BCUT2D eigenvalue weighted by Gasteiger charge is 2.47. The molecule has 0 aliphatic heterocycles. The minimum absolute atomic E-state index is 0.0842. The molecule has 1 aliphatic carbocycles. The maximum Gasteiger partial charge on any atom is 0.117 e. The summed E-state index contributed by atoms with van der Waals surface area (Å²) in [5.74, 6) is 0. The van der Waals surface area contributed by atoms with E-state index in [2.05, 4.69) is 0 Å². The Balaban J connectivity index is 2.42. The van der Waals surface area contributed by atoms with Gasteiger partial charge in [-0.1, -0.05) is 31.0 Å². The number of hydrogen-bond acceptors (Lipinski definition) is 1. The summed E-state index contributed by atoms with van der Waals surface area (Å²) in [7, 11) is -5.07. The van der Waals surface area contributed by atoms with E-state index in [1.54, 1.807) is 18.2 Å². The second-order valence-electron chi connectivity index (χ2n) is 4.57. The summed E-state index contributed by atoms with van der Waals surface area (Å²) >= 11 is 0. The van der Waals surface area contributed by atoms with Gasteiger partial charge in [0, 0.05) is 0 Å². The lowest BCUT2D eigenvalue weighted by atomic mass is 9.98. The fraction of sp³-hybridized carbons (Fsp3) is 0.500. The van der Waals surface area contributed by atoms with Crippen LogP contribution in [0.5, 0.6) is 0 Å². The van der Waals surface area contributed by atoms with Crippen LogP contribution in [-0.4, -0.2) is 24.7 Å². The number of hydrogen-bond donors (Lipinski definition) is 2. The average Bonchev–Trinajstić information content (AvgIpc) is 2.30. The number of rotatable bonds is 2. The Kier molecular flexibility index (Phi) is 3.10. The molecule has 0 saturated heterocycles. The Hall–Kier alpha value is -0.780. The molecule has 17 heavy (non-hydrogen) atoms. The smallest absolute Gasteiger partial charge is 0.117 e. The van der Waals surface area contributed by atoms with E-state index in [9.17, 15) is 17.7 Å². The molecule has 2 rings (SSSR count). The molecular weight excluding hydrogens is 243 g/mol. The Morgan fingerprint density at radius 1 is 1.12 bits per heavy atom. The highest BCUT2D eigenvalue weighted by atomic mass is 32.3. The summed E-state index contributed by atoms with van der Waals surface area (Å²) in [6.45, 7) is 0. The summed E-state index contributed by atoms with van der Waals surface area (Å²) < 4.78 is 46.4. The molecule has 0 spiro atoms. The van der Waals surface area contributed by atoms with Crippen LogP contribution in [-0.2, 0) is 9.63 Å². The normalized spacial score (nSPS) is 28.3. The first-order chi connectivity index (χ1) is 7.90. The molecule has 2 N–H and O–H groups in total. The van der Waals surface area contributed by atoms with Crippen LogP contribution in [0.15, 0.2) is 35.2 Å². The molecule has 0 amide bonds. The van der Waals surface area contributed by atoms with Crippen molar-refractivity contribution in [3.63, 3.8) is 0 Å². The van der Waals surface area contributed by atoms with E-state index in [0.29, 0.717) is 12.8 Å². The molecule has 96 valence electrons. The lowest BCUT2D eigenvalue weighted by Crippen LogP contribution is -2.50. The lowest BCUT2D eigenvalue weighted by Gasteiger charge is -2.42. The van der Waals surface area contributed by atoms with Crippen molar-refractivity contribution in [1.29, 1.82) is 0 Å². The van der Waals surface area contributed by atoms with Crippen molar-refractivity contribution in [2.45, 2.75) is 42.0 Å². The first kappa shape index (κ1) is 12.7. The van der Waals surface area contributed by atoms with Crippen molar-refractivity contribution in [3.05, 3.63) is 30.3 Å². The molecule has 1 fully saturated rings. The second kappa shape index (κ2) is 4.15. The molecule has 2 unspecified atom stereocenters. The van der Waals surface area contributed by atoms with E-state index in [1.165, 1.54) is 12.1 Å². The average molecular weight is 260 g/mol. The molecule has 1 saturated carbocycles. The van der Waals surface area contributed by atoms with Crippen LogP contribution in [0.25, 0.3) is 0 Å². The van der Waals surface area contributed by atoms with E-state index < -0.39 is 21.0 Å². The van der Waals surface area contributed by atoms with Crippen molar-refractivity contribution in [3.8, 4) is 0 Å². The molecule has 0 heterocycles. The van der Waals surface area contributed by atoms with Crippen molar-refractivity contribution < 1.29 is 17.7 Å². The van der Waals surface area contributed by atoms with Crippen LogP contribution in [0.2, 0.25) is 0 Å². The minimum atomic E-state index is -5.07. The van der Waals surface area contributed by atoms with Gasteiger partial charge in [0.05, 0.1) is 10.1 Å². The molecule has 1 aromatic carbocycles. The quantitative estimate of drug-likeness (QED) is 0.859. The van der Waals surface area contributed by atoms with Gasteiger partial charge < -0.3 is 9.11 Å². The first-order valence-electron chi connectivity index (χ1n) is 5.75. The summed E-state index contributed by atoms with van der Waals surface area (Å²) in [6, 6.07) is 7.55. The van der Waals surface area contributed by atoms with Gasteiger partial charge in [0.2, 0.25) is 0 Å². The SMILES string of the molecule is O=S(O)(O)(c1ccccc1)C1CCCCC1F. The summed E-state index contributed by atoms with van der Waals surface area (Å²) in [5, 5.41) is -1.21. The first-order valence-corrected chi connectivity index (χ1v) is 7.69. The molecule has 1 aromatic rings. The maximum absolute atomic E-state index is 13.8. The largest absolute Gasteiger partial charge is 0.304 e. The van der Waals surface area contributed by atoms with Crippen LogP contribution in [0.3, 0.4) is 0 Å². The molecule has 0 bridgehead atoms. The van der Waals surface area contributed by atoms with E-state index in [1.807, 2.05) is 0 Å². The molecular formula is C12H17FO3S. The Morgan fingerprint density at radius 2 is 1.71 bits per heavy atom. The van der Waals surface area contributed by atoms with Gasteiger partial charge >= 0.3 is 0 Å². The summed E-state index contributed by atoms with van der Waals surface area (Å²) in [4.78, 5) is -0.0842. The van der Waals surface area contributed by atoms with Gasteiger partial charge in [-0.15, -0.1) is 0 Å². The highest BCUT2D eigenvalue weighted by Crippen LogP contribution is 2.41. The second-order valence-corrected chi connectivity index (χ2v) is 7.49. The van der Waals surface area contributed by atoms with Crippen molar-refractivity contribution in [2.24, 2.45) is 0 Å². The van der Waals surface area contributed by atoms with Gasteiger partial charge in [-0.2, -0.15) is 0 Å². The maximum atomic E-state index is 13.8. The van der Waals surface area contributed by atoms with Crippen LogP contribution < -0.4 is 0 Å². The highest BCUT2D eigenvalue weighted by molar-refractivity contribution is 8.10. The van der Waals surface area contributed by atoms with Crippen molar-refractivity contribution in [1.82, 2.24) is 0 Å². The number of alkyl halides is 1. The standard InChI is InChI=1S/C12H17FO3S/c13-11-8-4-5-9-12(11)17(14,15,16)10-6-2-1-3-7-10/h1-3,6-7,11-12H,4-5,8-9H2,(H2,14,15,16). The Labute approximate surface area is 100 Å². The fourth-order valence-electron chi connectivity index (χ4n) is 2.38. The molecule has 1 aliphatic rings. The minimum Gasteiger partial charge on any atom is -0.304 e. The zero-order chi connectivity index (χ0) is 12.5. The van der Waals surface area contributed by atoms with Gasteiger partial charge in [0.25, 0.3) is 0 Å². The molecule has 0 aromatic heterocycles. The third-order valence-corrected chi connectivity index (χ3v) is 6.14. The molecule has 5 heteroatoms. The Morgan fingerprint density at radius 3 is 2.29 bits per heavy atom. The summed E-state index contributed by atoms with van der Waals surface area (Å²) in [5.41, 5.74) is 0. The Bertz CT molecular complexity index is 454. The molecule has 3 nitrogen and oxygen atoms in total. The van der Waals surface area contributed by atoms with Crippen LogP contribution in [0.1, 0.15) is 25.7 Å². The van der Waals surface area contributed by atoms with Gasteiger partial charge in [0.15, 0.2) is 0 Å². The third-order valence-electron chi connectivity index (χ3n) is 3.35. The monoisotopic (exact) mass is 260 g/mol. The predicted octanol–water partition coefficient (Wildman–Crippen LogP) is 3.09. The molecule has 0 radical (unpaired) electrons. The van der Waals surface area contributed by atoms with E-state index in [4.69, 9.17) is 0 Å². The lowest BCUT2D eigenvalue weighted by molar-refractivity contribution is 0.228. The van der Waals surface area contributed by atoms with E-state index in [0.717, 1.165) is 0 Å². The van der Waals surface area contributed by atoms with Gasteiger partial charge in [-0.3, -0.25) is 0 Å². The number of halogens is 1. The van der Waals surface area contributed by atoms with Crippen LogP contribution in [0, 0.1) is 0 Å². The van der Waals surface area contributed by atoms with Crippen LogP contribution in [0.4, 0.5) is 4.39 Å². The zero-order valence-corrected chi connectivity index (χ0v) is 10.3. The van der Waals surface area contributed by atoms with Crippen molar-refractivity contribution in [2.75, 3.05) is 0 Å². The zero-order valence-electron chi connectivity index (χ0n) is 9.46. The predicted molar refractivity (Wildman–Crippen MR) is 65.3 cm³/mol. The van der Waals surface area contributed by atoms with E-state index in [-0.39, 0.29) is 17.7 Å². The molecule has 2 atom stereocenters. The third kappa shape index (κ3) is 2.27. The van der Waals surface area contributed by atoms with Gasteiger partial charge in [-0.25, -0.2) is 8.60 Å². The van der Waals surface area contributed by atoms with Gasteiger partial charge in [0.1, 0.15) is 15.8 Å². The fourth-order valence-corrected chi connectivity index (χ4v) is 4.66. The van der Waals surface area contributed by atoms with E-state index >= 15 is 0 Å². The number of benzene rings is 1.